The molecule has 0 aromatic carbocycles. The van der Waals surface area contributed by atoms with Gasteiger partial charge in [0.1, 0.15) is 12.9 Å². The summed E-state index contributed by atoms with van der Waals surface area (Å²) >= 11 is 1.71. The molecule has 2 aromatic heterocycles. The molecule has 2 aromatic rings. The van der Waals surface area contributed by atoms with Crippen LogP contribution in [-0.2, 0) is 11.3 Å². The number of fused-ring (bicyclic) bond motifs is 1. The number of carbonyl (C=O) groups excluding carboxylic acids is 1. The van der Waals surface area contributed by atoms with Crippen LogP contribution in [0.3, 0.4) is 0 Å². The Morgan fingerprint density at radius 3 is 2.87 bits per heavy atom. The summed E-state index contributed by atoms with van der Waals surface area (Å²) < 4.78 is 7.23. The van der Waals surface area contributed by atoms with Gasteiger partial charge in [0.25, 0.3) is 0 Å². The molecule has 0 aliphatic heterocycles. The fourth-order valence-corrected chi connectivity index (χ4v) is 3.47. The number of hydrogen-bond acceptors (Lipinski definition) is 8. The molecule has 1 unspecified atom stereocenters. The van der Waals surface area contributed by atoms with Gasteiger partial charge in [-0.2, -0.15) is 11.8 Å². The molecule has 0 radical (unpaired) electrons. The molecule has 5 N–H and O–H groups in total. The van der Waals surface area contributed by atoms with Crippen molar-refractivity contribution in [3.63, 3.8) is 0 Å². The highest BCUT2D eigenvalue weighted by atomic mass is 32.2. The van der Waals surface area contributed by atoms with E-state index in [2.05, 4.69) is 25.3 Å². The Bertz CT molecular complexity index is 836. The number of anilines is 1. The van der Waals surface area contributed by atoms with Crippen molar-refractivity contribution < 1.29 is 9.53 Å². The number of aromatic nitrogens is 4. The molecule has 0 saturated carbocycles. The van der Waals surface area contributed by atoms with Gasteiger partial charge in [-0.15, -0.1) is 0 Å². The molecule has 1 atom stereocenters. The molecular weight excluding hydrogens is 406 g/mol. The minimum absolute atomic E-state index is 0.00270. The first-order valence-electron chi connectivity index (χ1n) is 9.78. The van der Waals surface area contributed by atoms with Gasteiger partial charge in [-0.25, -0.2) is 19.7 Å². The maximum absolute atomic E-state index is 11.8. The second kappa shape index (κ2) is 12.1. The summed E-state index contributed by atoms with van der Waals surface area (Å²) in [6.45, 7) is 3.60. The van der Waals surface area contributed by atoms with E-state index in [0.717, 1.165) is 47.9 Å². The molecule has 2 rings (SSSR count). The predicted molar refractivity (Wildman–Crippen MR) is 121 cm³/mol. The minimum atomic E-state index is -0.404. The lowest BCUT2D eigenvalue weighted by molar-refractivity contribution is 0.149. The van der Waals surface area contributed by atoms with E-state index in [-0.39, 0.29) is 12.0 Å². The molecule has 2 heterocycles. The zero-order chi connectivity index (χ0) is 21.9. The fraction of sp³-hybridized carbons (Fsp3) is 0.611. The number of guanidine groups is 1. The largest absolute Gasteiger partial charge is 0.449 e. The van der Waals surface area contributed by atoms with Crippen molar-refractivity contribution in [2.24, 2.45) is 16.5 Å². The Kier molecular flexibility index (Phi) is 9.45. The second-order valence-corrected chi connectivity index (χ2v) is 8.17. The second-order valence-electron chi connectivity index (χ2n) is 6.94. The van der Waals surface area contributed by atoms with Crippen molar-refractivity contribution in [1.82, 2.24) is 24.8 Å². The maximum atomic E-state index is 11.8. The SMILES string of the molecule is CC(CCCN=C(N)N)NC(=O)OCCSCCn1cnc2c(N(C)C)ncnc21. The molecule has 166 valence electrons. The average molecular weight is 438 g/mol. The van der Waals surface area contributed by atoms with Crippen LogP contribution in [0.25, 0.3) is 11.2 Å². The summed E-state index contributed by atoms with van der Waals surface area (Å²) in [6, 6.07) is 0.00270. The number of ether oxygens (including phenoxy) is 1. The lowest BCUT2D eigenvalue weighted by atomic mass is 10.2. The number of amides is 1. The van der Waals surface area contributed by atoms with Gasteiger partial charge >= 0.3 is 6.09 Å². The number of rotatable bonds is 12. The molecule has 0 spiro atoms. The zero-order valence-electron chi connectivity index (χ0n) is 17.7. The number of aryl methyl sites for hydroxylation is 1. The third-order valence-corrected chi connectivity index (χ3v) is 5.12. The minimum Gasteiger partial charge on any atom is -0.449 e. The highest BCUT2D eigenvalue weighted by Gasteiger charge is 2.11. The third kappa shape index (κ3) is 7.58. The van der Waals surface area contributed by atoms with E-state index >= 15 is 0 Å². The van der Waals surface area contributed by atoms with E-state index in [1.807, 2.05) is 30.5 Å². The van der Waals surface area contributed by atoms with E-state index in [9.17, 15) is 4.79 Å². The van der Waals surface area contributed by atoms with E-state index in [0.29, 0.717) is 13.2 Å². The van der Waals surface area contributed by atoms with Crippen LogP contribution in [0.15, 0.2) is 17.6 Å². The topological polar surface area (TPSA) is 150 Å². The monoisotopic (exact) mass is 437 g/mol. The van der Waals surface area contributed by atoms with Crippen molar-refractivity contribution in [1.29, 1.82) is 0 Å². The van der Waals surface area contributed by atoms with Crippen LogP contribution >= 0.6 is 11.8 Å². The number of carbonyl (C=O) groups is 1. The normalized spacial score (nSPS) is 11.8. The van der Waals surface area contributed by atoms with Gasteiger partial charge in [0.15, 0.2) is 22.9 Å². The number of alkyl carbamates (subject to hydrolysis) is 1. The molecule has 0 fully saturated rings. The average Bonchev–Trinajstić information content (AvgIpc) is 3.10. The van der Waals surface area contributed by atoms with Crippen molar-refractivity contribution >= 4 is 40.8 Å². The Morgan fingerprint density at radius 2 is 2.13 bits per heavy atom. The van der Waals surface area contributed by atoms with Crippen LogP contribution < -0.4 is 21.7 Å². The van der Waals surface area contributed by atoms with Crippen LogP contribution in [0.1, 0.15) is 19.8 Å². The smallest absolute Gasteiger partial charge is 0.407 e. The van der Waals surface area contributed by atoms with Gasteiger partial charge in [0.05, 0.1) is 6.33 Å². The third-order valence-electron chi connectivity index (χ3n) is 4.20. The quantitative estimate of drug-likeness (QED) is 0.249. The Labute approximate surface area is 180 Å². The maximum Gasteiger partial charge on any atom is 0.407 e. The summed E-state index contributed by atoms with van der Waals surface area (Å²) in [7, 11) is 3.86. The van der Waals surface area contributed by atoms with Crippen LogP contribution in [0.2, 0.25) is 0 Å². The van der Waals surface area contributed by atoms with Crippen LogP contribution in [0, 0.1) is 0 Å². The number of thioether (sulfide) groups is 1. The molecule has 30 heavy (non-hydrogen) atoms. The van der Waals surface area contributed by atoms with E-state index in [4.69, 9.17) is 16.2 Å². The molecule has 11 nitrogen and oxygen atoms in total. The van der Waals surface area contributed by atoms with Crippen LogP contribution in [-0.4, -0.2) is 76.4 Å². The molecule has 12 heteroatoms. The van der Waals surface area contributed by atoms with Crippen molar-refractivity contribution in [2.75, 3.05) is 43.7 Å². The summed E-state index contributed by atoms with van der Waals surface area (Å²) in [5, 5.41) is 2.80. The first-order chi connectivity index (χ1) is 14.4. The van der Waals surface area contributed by atoms with Crippen LogP contribution in [0.4, 0.5) is 10.6 Å². The molecule has 1 amide bonds. The Balaban J connectivity index is 1.61. The van der Waals surface area contributed by atoms with Gasteiger partial charge in [0, 0.05) is 44.7 Å². The highest BCUT2D eigenvalue weighted by Crippen LogP contribution is 2.19. The molecule has 0 bridgehead atoms. The lowest BCUT2D eigenvalue weighted by Gasteiger charge is -2.13. The van der Waals surface area contributed by atoms with Gasteiger partial charge < -0.3 is 31.0 Å². The van der Waals surface area contributed by atoms with E-state index in [1.165, 1.54) is 0 Å². The number of nitrogens with one attached hydrogen (secondary N) is 1. The predicted octanol–water partition coefficient (Wildman–Crippen LogP) is 0.794. The molecule has 0 saturated heterocycles. The first kappa shape index (κ1) is 23.5. The summed E-state index contributed by atoms with van der Waals surface area (Å²) in [5.41, 5.74) is 12.2. The highest BCUT2D eigenvalue weighted by molar-refractivity contribution is 7.99. The van der Waals surface area contributed by atoms with E-state index < -0.39 is 6.09 Å². The van der Waals surface area contributed by atoms with Gasteiger partial charge in [-0.3, -0.25) is 4.99 Å². The number of nitrogens with two attached hydrogens (primary N) is 2. The van der Waals surface area contributed by atoms with Gasteiger partial charge in [-0.05, 0) is 19.8 Å². The van der Waals surface area contributed by atoms with Crippen LogP contribution in [0.5, 0.6) is 0 Å². The Hall–Kier alpha value is -2.76. The molecular formula is C18H31N9O2S. The number of imidazole rings is 1. The first-order valence-corrected chi connectivity index (χ1v) is 10.9. The standard InChI is InChI=1S/C18H31N9O2S/c1-13(5-4-6-21-17(19)20)25-18(28)29-8-10-30-9-7-27-12-24-14-15(26(2)3)22-11-23-16(14)27/h11-13H,4-10H2,1-3H3,(H,25,28)(H4,19,20,21). The number of hydrogen-bond donors (Lipinski definition) is 3. The van der Waals surface area contributed by atoms with Gasteiger partial charge in [-0.1, -0.05) is 0 Å². The lowest BCUT2D eigenvalue weighted by Crippen LogP contribution is -2.33. The molecule has 0 aliphatic carbocycles. The summed E-state index contributed by atoms with van der Waals surface area (Å²) in [5.74, 6) is 2.46. The number of nitrogens with zero attached hydrogens (tertiary/aromatic N) is 6. The van der Waals surface area contributed by atoms with Crippen molar-refractivity contribution in [2.45, 2.75) is 32.4 Å². The van der Waals surface area contributed by atoms with Crippen molar-refractivity contribution in [3.05, 3.63) is 12.7 Å². The zero-order valence-corrected chi connectivity index (χ0v) is 18.6. The molecule has 0 aliphatic rings. The Morgan fingerprint density at radius 1 is 1.33 bits per heavy atom. The summed E-state index contributed by atoms with van der Waals surface area (Å²) in [6.07, 6.45) is 4.50. The van der Waals surface area contributed by atoms with Crippen molar-refractivity contribution in [3.8, 4) is 0 Å². The summed E-state index contributed by atoms with van der Waals surface area (Å²) in [4.78, 5) is 30.7. The van der Waals surface area contributed by atoms with Gasteiger partial charge in [0.2, 0.25) is 0 Å². The fourth-order valence-electron chi connectivity index (χ4n) is 2.74. The number of aliphatic imine (C=N–C) groups is 1. The van der Waals surface area contributed by atoms with E-state index in [1.54, 1.807) is 24.4 Å².